The van der Waals surface area contributed by atoms with Crippen molar-refractivity contribution in [3.63, 3.8) is 0 Å². The first-order valence-electron chi connectivity index (χ1n) is 10.2. The minimum atomic E-state index is -0.414. The van der Waals surface area contributed by atoms with Crippen molar-refractivity contribution in [3.8, 4) is 11.6 Å². The van der Waals surface area contributed by atoms with Crippen LogP contribution in [0.15, 0.2) is 48.9 Å². The van der Waals surface area contributed by atoms with Crippen LogP contribution in [0, 0.1) is 11.7 Å². The molecule has 1 saturated heterocycles. The van der Waals surface area contributed by atoms with Crippen molar-refractivity contribution < 1.29 is 19.0 Å². The molecule has 3 aromatic rings. The first-order chi connectivity index (χ1) is 15.0. The van der Waals surface area contributed by atoms with E-state index in [9.17, 15) is 14.3 Å². The van der Waals surface area contributed by atoms with Crippen LogP contribution in [0.5, 0.6) is 5.88 Å². The predicted molar refractivity (Wildman–Crippen MR) is 110 cm³/mol. The number of likely N-dealkylation sites (tertiary alicyclic amines) is 1. The van der Waals surface area contributed by atoms with Crippen LogP contribution >= 0.6 is 0 Å². The van der Waals surface area contributed by atoms with Gasteiger partial charge >= 0.3 is 0 Å². The number of nitrogens with zero attached hydrogens (tertiary/aromatic N) is 5. The Morgan fingerprint density at radius 1 is 1.23 bits per heavy atom. The van der Waals surface area contributed by atoms with Gasteiger partial charge in [-0.15, -0.1) is 0 Å². The molecule has 3 heterocycles. The van der Waals surface area contributed by atoms with Crippen molar-refractivity contribution in [3.05, 3.63) is 65.9 Å². The summed E-state index contributed by atoms with van der Waals surface area (Å²) in [6, 6.07) is 8.04. The van der Waals surface area contributed by atoms with Crippen molar-refractivity contribution in [1.82, 2.24) is 24.9 Å². The lowest BCUT2D eigenvalue weighted by atomic mass is 9.93. The summed E-state index contributed by atoms with van der Waals surface area (Å²) < 4.78 is 18.7. The molecule has 0 saturated carbocycles. The molecule has 1 aromatic carbocycles. The van der Waals surface area contributed by atoms with E-state index in [2.05, 4.69) is 15.2 Å². The summed E-state index contributed by atoms with van der Waals surface area (Å²) in [5, 5.41) is 17.9. The van der Waals surface area contributed by atoms with Crippen LogP contribution in [-0.4, -0.2) is 55.1 Å². The van der Waals surface area contributed by atoms with Crippen LogP contribution < -0.4 is 4.74 Å². The van der Waals surface area contributed by atoms with Crippen LogP contribution in [-0.2, 0) is 6.61 Å². The van der Waals surface area contributed by atoms with Crippen LogP contribution in [0.4, 0.5) is 4.39 Å². The number of aromatic nitrogens is 4. The first-order valence-corrected chi connectivity index (χ1v) is 10.2. The van der Waals surface area contributed by atoms with Crippen molar-refractivity contribution in [2.45, 2.75) is 32.4 Å². The standard InChI is InChI=1S/C22H24FN5O3/c1-15-2-3-17(14-31-21-7-5-18(23)11-24-21)12-27(15)22(30)19-10-16(13-29)4-6-20(19)28-25-8-9-26-28/h4-11,15,17,29H,2-3,12-14H2,1H3. The fourth-order valence-electron chi connectivity index (χ4n) is 3.77. The van der Waals surface area contributed by atoms with E-state index in [4.69, 9.17) is 4.74 Å². The maximum absolute atomic E-state index is 13.5. The SMILES string of the molecule is CC1CCC(COc2ccc(F)cn2)CN1C(=O)c1cc(CO)ccc1-n1nccn1. The fraction of sp³-hybridized carbons (Fsp3) is 0.364. The summed E-state index contributed by atoms with van der Waals surface area (Å²) in [5.41, 5.74) is 1.65. The Balaban J connectivity index is 1.52. The van der Waals surface area contributed by atoms with Gasteiger partial charge in [-0.25, -0.2) is 9.37 Å². The normalized spacial score (nSPS) is 18.7. The molecule has 31 heavy (non-hydrogen) atoms. The molecule has 0 radical (unpaired) electrons. The van der Waals surface area contributed by atoms with Gasteiger partial charge in [0, 0.05) is 24.6 Å². The minimum Gasteiger partial charge on any atom is -0.477 e. The van der Waals surface area contributed by atoms with Crippen LogP contribution in [0.1, 0.15) is 35.7 Å². The molecule has 2 atom stereocenters. The van der Waals surface area contributed by atoms with Crippen LogP contribution in [0.25, 0.3) is 5.69 Å². The highest BCUT2D eigenvalue weighted by molar-refractivity contribution is 5.98. The maximum Gasteiger partial charge on any atom is 0.256 e. The molecule has 1 aliphatic rings. The van der Waals surface area contributed by atoms with E-state index >= 15 is 0 Å². The summed E-state index contributed by atoms with van der Waals surface area (Å²) in [5.74, 6) is -0.0669. The van der Waals surface area contributed by atoms with E-state index in [1.165, 1.54) is 16.9 Å². The van der Waals surface area contributed by atoms with Crippen LogP contribution in [0.2, 0.25) is 0 Å². The Bertz CT molecular complexity index is 1030. The van der Waals surface area contributed by atoms with E-state index < -0.39 is 5.82 Å². The molecule has 1 N–H and O–H groups in total. The van der Waals surface area contributed by atoms with Gasteiger partial charge in [0.05, 0.1) is 43.1 Å². The second-order valence-electron chi connectivity index (χ2n) is 7.70. The zero-order valence-corrected chi connectivity index (χ0v) is 17.2. The summed E-state index contributed by atoms with van der Waals surface area (Å²) in [7, 11) is 0. The first kappa shape index (κ1) is 20.9. The van der Waals surface area contributed by atoms with E-state index in [0.717, 1.165) is 19.0 Å². The molecule has 1 amide bonds. The molecule has 9 heteroatoms. The van der Waals surface area contributed by atoms with Crippen molar-refractivity contribution >= 4 is 5.91 Å². The zero-order valence-electron chi connectivity index (χ0n) is 17.2. The average Bonchev–Trinajstić information content (AvgIpc) is 3.33. The molecular formula is C22H24FN5O3. The summed E-state index contributed by atoms with van der Waals surface area (Å²) in [6.45, 7) is 2.78. The average molecular weight is 425 g/mol. The number of halogens is 1. The summed E-state index contributed by atoms with van der Waals surface area (Å²) in [4.78, 5) is 20.7. The Morgan fingerprint density at radius 3 is 2.74 bits per heavy atom. The molecular weight excluding hydrogens is 401 g/mol. The summed E-state index contributed by atoms with van der Waals surface area (Å²) >= 11 is 0. The van der Waals surface area contributed by atoms with Crippen molar-refractivity contribution in [2.24, 2.45) is 5.92 Å². The molecule has 2 unspecified atom stereocenters. The number of ether oxygens (including phenoxy) is 1. The third-order valence-electron chi connectivity index (χ3n) is 5.52. The van der Waals surface area contributed by atoms with Gasteiger partial charge in [-0.05, 0) is 43.5 Å². The minimum absolute atomic E-state index is 0.0592. The van der Waals surface area contributed by atoms with E-state index in [1.807, 2.05) is 11.8 Å². The Morgan fingerprint density at radius 2 is 2.03 bits per heavy atom. The van der Waals surface area contributed by atoms with Gasteiger partial charge in [-0.3, -0.25) is 4.79 Å². The molecule has 0 aliphatic carbocycles. The Labute approximate surface area is 179 Å². The second kappa shape index (κ2) is 9.22. The number of rotatable bonds is 6. The number of aliphatic hydroxyl groups excluding tert-OH is 1. The number of carbonyl (C=O) groups excluding carboxylic acids is 1. The quantitative estimate of drug-likeness (QED) is 0.653. The third kappa shape index (κ3) is 4.72. The number of hydrogen-bond acceptors (Lipinski definition) is 6. The Hall–Kier alpha value is -3.33. The molecule has 0 spiro atoms. The smallest absolute Gasteiger partial charge is 0.256 e. The van der Waals surface area contributed by atoms with E-state index in [-0.39, 0.29) is 24.5 Å². The second-order valence-corrected chi connectivity index (χ2v) is 7.70. The molecule has 162 valence electrons. The lowest BCUT2D eigenvalue weighted by Crippen LogP contribution is -2.47. The van der Waals surface area contributed by atoms with Gasteiger partial charge < -0.3 is 14.7 Å². The number of pyridine rings is 1. The Kier molecular flexibility index (Phi) is 6.22. The van der Waals surface area contributed by atoms with Gasteiger partial charge in [0.15, 0.2) is 0 Å². The molecule has 1 fully saturated rings. The molecule has 1 aliphatic heterocycles. The topological polar surface area (TPSA) is 93.4 Å². The number of aliphatic hydroxyl groups is 1. The number of carbonyl (C=O) groups is 1. The van der Waals surface area contributed by atoms with Gasteiger partial charge in [0.1, 0.15) is 5.82 Å². The third-order valence-corrected chi connectivity index (χ3v) is 5.52. The number of amides is 1. The lowest BCUT2D eigenvalue weighted by Gasteiger charge is -2.38. The van der Waals surface area contributed by atoms with Gasteiger partial charge in [-0.1, -0.05) is 6.07 Å². The fourth-order valence-corrected chi connectivity index (χ4v) is 3.77. The summed E-state index contributed by atoms with van der Waals surface area (Å²) in [6.07, 6.45) is 5.97. The van der Waals surface area contributed by atoms with E-state index in [1.54, 1.807) is 30.6 Å². The molecule has 2 aromatic heterocycles. The van der Waals surface area contributed by atoms with E-state index in [0.29, 0.717) is 35.8 Å². The highest BCUT2D eigenvalue weighted by Crippen LogP contribution is 2.26. The highest BCUT2D eigenvalue weighted by Gasteiger charge is 2.31. The number of piperidine rings is 1. The lowest BCUT2D eigenvalue weighted by molar-refractivity contribution is 0.0502. The maximum atomic E-state index is 13.5. The monoisotopic (exact) mass is 425 g/mol. The molecule has 0 bridgehead atoms. The highest BCUT2D eigenvalue weighted by atomic mass is 19.1. The number of benzene rings is 1. The van der Waals surface area contributed by atoms with Gasteiger partial charge in [0.2, 0.25) is 5.88 Å². The van der Waals surface area contributed by atoms with Crippen LogP contribution in [0.3, 0.4) is 0 Å². The number of hydrogen-bond donors (Lipinski definition) is 1. The largest absolute Gasteiger partial charge is 0.477 e. The molecule has 4 rings (SSSR count). The predicted octanol–water partition coefficient (Wildman–Crippen LogP) is 2.61. The van der Waals surface area contributed by atoms with Crippen molar-refractivity contribution in [1.29, 1.82) is 0 Å². The molecule has 8 nitrogen and oxygen atoms in total. The van der Waals surface area contributed by atoms with Gasteiger partial charge in [0.25, 0.3) is 5.91 Å². The van der Waals surface area contributed by atoms with Gasteiger partial charge in [-0.2, -0.15) is 15.0 Å². The zero-order chi connectivity index (χ0) is 21.8. The van der Waals surface area contributed by atoms with Crippen molar-refractivity contribution in [2.75, 3.05) is 13.2 Å².